The first-order valence-corrected chi connectivity index (χ1v) is 6.10. The molecule has 0 bridgehead atoms. The second-order valence-corrected chi connectivity index (χ2v) is 4.59. The van der Waals surface area contributed by atoms with Crippen LogP contribution < -0.4 is 0 Å². The quantitative estimate of drug-likeness (QED) is 0.379. The van der Waals surface area contributed by atoms with Crippen molar-refractivity contribution in [2.24, 2.45) is 0 Å². The van der Waals surface area contributed by atoms with Gasteiger partial charge in [-0.05, 0) is 24.0 Å². The molecule has 0 aliphatic carbocycles. The molecule has 14 heavy (non-hydrogen) atoms. The van der Waals surface area contributed by atoms with Crippen molar-refractivity contribution in [3.8, 4) is 0 Å². The third-order valence-corrected chi connectivity index (χ3v) is 3.01. The van der Waals surface area contributed by atoms with Gasteiger partial charge in [0, 0.05) is 9.76 Å². The summed E-state index contributed by atoms with van der Waals surface area (Å²) in [5.41, 5.74) is 0.931. The summed E-state index contributed by atoms with van der Waals surface area (Å²) in [6.07, 6.45) is 2.25. The lowest BCUT2D eigenvalue weighted by Crippen LogP contribution is -2.01. The lowest BCUT2D eigenvalue weighted by atomic mass is 10.1. The fourth-order valence-corrected chi connectivity index (χ4v) is 1.96. The van der Waals surface area contributed by atoms with Crippen molar-refractivity contribution in [2.75, 3.05) is 6.26 Å². The van der Waals surface area contributed by atoms with Gasteiger partial charge in [0.25, 0.3) is 0 Å². The SMILES string of the molecule is CSc1ccc(C(=S)CC(=O)S)cc1. The van der Waals surface area contributed by atoms with Crippen molar-refractivity contribution in [3.05, 3.63) is 29.8 Å². The van der Waals surface area contributed by atoms with Gasteiger partial charge in [0.1, 0.15) is 0 Å². The Morgan fingerprint density at radius 3 is 2.43 bits per heavy atom. The highest BCUT2D eigenvalue weighted by atomic mass is 32.2. The second kappa shape index (κ2) is 5.53. The first kappa shape index (κ1) is 11.8. The van der Waals surface area contributed by atoms with Gasteiger partial charge in [-0.2, -0.15) is 0 Å². The summed E-state index contributed by atoms with van der Waals surface area (Å²) >= 11 is 10.5. The molecule has 0 aromatic heterocycles. The number of carbonyl (C=O) groups is 1. The lowest BCUT2D eigenvalue weighted by molar-refractivity contribution is -0.109. The number of thiocarbonyl (C=S) groups is 1. The topological polar surface area (TPSA) is 17.1 Å². The van der Waals surface area contributed by atoms with E-state index < -0.39 is 0 Å². The highest BCUT2D eigenvalue weighted by Crippen LogP contribution is 2.16. The van der Waals surface area contributed by atoms with E-state index in [4.69, 9.17) is 12.2 Å². The van der Waals surface area contributed by atoms with Crippen LogP contribution in [0.1, 0.15) is 12.0 Å². The predicted molar refractivity (Wildman–Crippen MR) is 68.5 cm³/mol. The number of thiol groups is 1. The number of carbonyl (C=O) groups excluding carboxylic acids is 1. The molecule has 0 aliphatic rings. The molecule has 0 radical (unpaired) electrons. The van der Waals surface area contributed by atoms with Crippen LogP contribution in [0.5, 0.6) is 0 Å². The number of hydrogen-bond donors (Lipinski definition) is 1. The first-order chi connectivity index (χ1) is 6.63. The normalized spacial score (nSPS) is 9.86. The van der Waals surface area contributed by atoms with Gasteiger partial charge >= 0.3 is 0 Å². The average Bonchev–Trinajstić information content (AvgIpc) is 2.17. The Hall–Kier alpha value is -0.320. The van der Waals surface area contributed by atoms with Gasteiger partial charge in [-0.3, -0.25) is 4.79 Å². The average molecular weight is 242 g/mol. The zero-order valence-corrected chi connectivity index (χ0v) is 10.2. The Kier molecular flexibility index (Phi) is 4.65. The van der Waals surface area contributed by atoms with E-state index in [0.29, 0.717) is 4.86 Å². The zero-order chi connectivity index (χ0) is 10.6. The van der Waals surface area contributed by atoms with E-state index >= 15 is 0 Å². The van der Waals surface area contributed by atoms with E-state index in [-0.39, 0.29) is 11.5 Å². The zero-order valence-electron chi connectivity index (χ0n) is 7.69. The maximum Gasteiger partial charge on any atom is 0.191 e. The Morgan fingerprint density at radius 2 is 2.00 bits per heavy atom. The van der Waals surface area contributed by atoms with Crippen LogP contribution in [0.15, 0.2) is 29.2 Å². The molecule has 4 heteroatoms. The molecule has 0 spiro atoms. The molecule has 74 valence electrons. The number of benzene rings is 1. The standard InChI is InChI=1S/C10H10OS3/c1-14-8-4-2-7(3-5-8)9(12)6-10(11)13/h2-5H,6H2,1H3,(H,11,13). The number of rotatable bonds is 4. The van der Waals surface area contributed by atoms with E-state index in [1.807, 2.05) is 30.5 Å². The van der Waals surface area contributed by atoms with Crippen LogP contribution in [-0.2, 0) is 4.79 Å². The molecular formula is C10H10OS3. The smallest absolute Gasteiger partial charge is 0.191 e. The van der Waals surface area contributed by atoms with Gasteiger partial charge in [0.2, 0.25) is 0 Å². The molecule has 0 N–H and O–H groups in total. The molecule has 1 aromatic rings. The monoisotopic (exact) mass is 242 g/mol. The third kappa shape index (κ3) is 3.44. The molecule has 0 saturated carbocycles. The van der Waals surface area contributed by atoms with Crippen LogP contribution in [0.4, 0.5) is 0 Å². The predicted octanol–water partition coefficient (Wildman–Crippen LogP) is 2.97. The van der Waals surface area contributed by atoms with Crippen molar-refractivity contribution >= 4 is 46.6 Å². The van der Waals surface area contributed by atoms with Crippen LogP contribution in [0.2, 0.25) is 0 Å². The fourth-order valence-electron chi connectivity index (χ4n) is 1.02. The minimum Gasteiger partial charge on any atom is -0.287 e. The van der Waals surface area contributed by atoms with Crippen LogP contribution in [0.3, 0.4) is 0 Å². The highest BCUT2D eigenvalue weighted by Gasteiger charge is 2.04. The molecule has 1 aromatic carbocycles. The highest BCUT2D eigenvalue weighted by molar-refractivity contribution is 7.98. The Morgan fingerprint density at radius 1 is 1.43 bits per heavy atom. The summed E-state index contributed by atoms with van der Waals surface area (Å²) < 4.78 is 0. The van der Waals surface area contributed by atoms with E-state index in [1.165, 1.54) is 4.90 Å². The van der Waals surface area contributed by atoms with Crippen molar-refractivity contribution in [2.45, 2.75) is 11.3 Å². The minimum atomic E-state index is -0.191. The summed E-state index contributed by atoms with van der Waals surface area (Å²) in [5.74, 6) is 0. The maximum atomic E-state index is 10.7. The first-order valence-electron chi connectivity index (χ1n) is 4.02. The van der Waals surface area contributed by atoms with Crippen LogP contribution in [-0.4, -0.2) is 16.2 Å². The van der Waals surface area contributed by atoms with Crippen LogP contribution in [0, 0.1) is 0 Å². The van der Waals surface area contributed by atoms with E-state index in [1.54, 1.807) is 11.8 Å². The van der Waals surface area contributed by atoms with E-state index in [2.05, 4.69) is 12.6 Å². The van der Waals surface area contributed by atoms with Crippen molar-refractivity contribution < 1.29 is 4.79 Å². The van der Waals surface area contributed by atoms with Crippen molar-refractivity contribution in [1.82, 2.24) is 0 Å². The number of hydrogen-bond acceptors (Lipinski definition) is 3. The van der Waals surface area contributed by atoms with Crippen molar-refractivity contribution in [3.63, 3.8) is 0 Å². The molecule has 0 aliphatic heterocycles. The van der Waals surface area contributed by atoms with Gasteiger partial charge in [0.15, 0.2) is 5.12 Å². The molecule has 0 saturated heterocycles. The lowest BCUT2D eigenvalue weighted by Gasteiger charge is -2.02. The molecule has 0 fully saturated rings. The minimum absolute atomic E-state index is 0.191. The summed E-state index contributed by atoms with van der Waals surface area (Å²) in [7, 11) is 0. The van der Waals surface area contributed by atoms with E-state index in [9.17, 15) is 4.79 Å². The molecule has 1 rings (SSSR count). The summed E-state index contributed by atoms with van der Waals surface area (Å²) in [6, 6.07) is 7.86. The fraction of sp³-hybridized carbons (Fsp3) is 0.200. The van der Waals surface area contributed by atoms with Crippen LogP contribution >= 0.6 is 36.6 Å². The maximum absolute atomic E-state index is 10.7. The van der Waals surface area contributed by atoms with Crippen LogP contribution in [0.25, 0.3) is 0 Å². The Balaban J connectivity index is 2.76. The Labute approximate surface area is 98.7 Å². The Bertz CT molecular complexity index is 343. The van der Waals surface area contributed by atoms with Gasteiger partial charge in [-0.25, -0.2) is 0 Å². The third-order valence-electron chi connectivity index (χ3n) is 1.72. The molecular weight excluding hydrogens is 232 g/mol. The van der Waals surface area contributed by atoms with Gasteiger partial charge in [0.05, 0.1) is 6.42 Å². The summed E-state index contributed by atoms with van der Waals surface area (Å²) in [5, 5.41) is -0.191. The molecule has 0 heterocycles. The van der Waals surface area contributed by atoms with Gasteiger partial charge < -0.3 is 0 Å². The van der Waals surface area contributed by atoms with Gasteiger partial charge in [-0.15, -0.1) is 24.4 Å². The van der Waals surface area contributed by atoms with Gasteiger partial charge in [-0.1, -0.05) is 24.4 Å². The second-order valence-electron chi connectivity index (χ2n) is 2.72. The molecule has 0 atom stereocenters. The van der Waals surface area contributed by atoms with E-state index in [0.717, 1.165) is 5.56 Å². The molecule has 0 unspecified atom stereocenters. The largest absolute Gasteiger partial charge is 0.287 e. The summed E-state index contributed by atoms with van der Waals surface area (Å²) in [4.78, 5) is 12.6. The summed E-state index contributed by atoms with van der Waals surface area (Å²) in [6.45, 7) is 0. The van der Waals surface area contributed by atoms with Crippen molar-refractivity contribution in [1.29, 1.82) is 0 Å². The molecule has 0 amide bonds. The molecule has 1 nitrogen and oxygen atoms in total. The number of thioether (sulfide) groups is 1.